The van der Waals surface area contributed by atoms with E-state index in [9.17, 15) is 19.2 Å². The summed E-state index contributed by atoms with van der Waals surface area (Å²) >= 11 is 3.57. The lowest BCUT2D eigenvalue weighted by Gasteiger charge is -2.43. The number of benzene rings is 2. The molecule has 12 heteroatoms. The van der Waals surface area contributed by atoms with Crippen LogP contribution in [0.25, 0.3) is 0 Å². The largest absolute Gasteiger partial charge is 0.463 e. The van der Waals surface area contributed by atoms with Gasteiger partial charge in [0.15, 0.2) is 24.6 Å². The zero-order chi connectivity index (χ0) is 30.6. The molecule has 0 aromatic heterocycles. The van der Waals surface area contributed by atoms with Gasteiger partial charge in [-0.05, 0) is 18.2 Å². The van der Waals surface area contributed by atoms with Crippen molar-refractivity contribution >= 4 is 45.5 Å². The van der Waals surface area contributed by atoms with Crippen molar-refractivity contribution in [2.45, 2.75) is 64.4 Å². The Balaban J connectivity index is 1.88. The normalized spacial score (nSPS) is 22.0. The van der Waals surface area contributed by atoms with E-state index in [0.29, 0.717) is 0 Å². The van der Waals surface area contributed by atoms with E-state index in [1.165, 1.54) is 6.92 Å². The van der Waals surface area contributed by atoms with E-state index in [1.807, 2.05) is 54.6 Å². The van der Waals surface area contributed by atoms with Crippen LogP contribution in [0.3, 0.4) is 0 Å². The van der Waals surface area contributed by atoms with Crippen molar-refractivity contribution in [1.29, 1.82) is 0 Å². The Morgan fingerprint density at radius 3 is 2.05 bits per heavy atom. The van der Waals surface area contributed by atoms with Crippen LogP contribution in [0.2, 0.25) is 0 Å². The zero-order valence-electron chi connectivity index (χ0n) is 23.5. The Labute approximate surface area is 252 Å². The molecule has 11 nitrogen and oxygen atoms in total. The number of para-hydroxylation sites is 1. The number of nitrogens with one attached hydrogen (secondary N) is 1. The molecule has 0 amide bonds. The van der Waals surface area contributed by atoms with Gasteiger partial charge in [-0.1, -0.05) is 64.2 Å². The lowest BCUT2D eigenvalue weighted by atomic mass is 9.98. The van der Waals surface area contributed by atoms with Gasteiger partial charge in [0.1, 0.15) is 25.4 Å². The highest BCUT2D eigenvalue weighted by Gasteiger charge is 2.52. The molecule has 6 atom stereocenters. The molecule has 2 aromatic rings. The number of rotatable bonds is 10. The van der Waals surface area contributed by atoms with E-state index < -0.39 is 60.6 Å². The molecule has 224 valence electrons. The predicted molar refractivity (Wildman–Crippen MR) is 153 cm³/mol. The third-order valence-electron chi connectivity index (χ3n) is 5.82. The predicted octanol–water partition coefficient (Wildman–Crippen LogP) is 3.71. The van der Waals surface area contributed by atoms with Gasteiger partial charge in [0.05, 0.1) is 0 Å². The van der Waals surface area contributed by atoms with Gasteiger partial charge in [0.2, 0.25) is 0 Å². The molecule has 0 spiro atoms. The van der Waals surface area contributed by atoms with Gasteiger partial charge in [-0.2, -0.15) is 0 Å². The number of halogens is 1. The Morgan fingerprint density at radius 1 is 0.833 bits per heavy atom. The maximum Gasteiger partial charge on any atom is 0.303 e. The van der Waals surface area contributed by atoms with Crippen LogP contribution in [0.15, 0.2) is 59.1 Å². The summed E-state index contributed by atoms with van der Waals surface area (Å²) in [6.45, 7) is 4.11. The van der Waals surface area contributed by atoms with Crippen LogP contribution >= 0.6 is 15.9 Å². The molecule has 1 aliphatic rings. The van der Waals surface area contributed by atoms with Crippen LogP contribution in [0, 0.1) is 11.8 Å². The summed E-state index contributed by atoms with van der Waals surface area (Å²) in [5, 5.41) is 3.38. The molecule has 0 bridgehead atoms. The molecule has 1 fully saturated rings. The van der Waals surface area contributed by atoms with Gasteiger partial charge in [0.25, 0.3) is 0 Å². The highest BCUT2D eigenvalue weighted by Crippen LogP contribution is 2.30. The van der Waals surface area contributed by atoms with E-state index in [1.54, 1.807) is 0 Å². The summed E-state index contributed by atoms with van der Waals surface area (Å²) < 4.78 is 34.0. The van der Waals surface area contributed by atoms with Crippen molar-refractivity contribution in [3.05, 3.63) is 64.6 Å². The Hall–Kier alpha value is -3.92. The second-order valence-corrected chi connectivity index (χ2v) is 10.0. The van der Waals surface area contributed by atoms with Gasteiger partial charge in [-0.25, -0.2) is 0 Å². The van der Waals surface area contributed by atoms with Crippen molar-refractivity contribution in [1.82, 2.24) is 0 Å². The first-order valence-corrected chi connectivity index (χ1v) is 13.8. The van der Waals surface area contributed by atoms with Crippen LogP contribution in [0.1, 0.15) is 39.3 Å². The summed E-state index contributed by atoms with van der Waals surface area (Å²) in [5.74, 6) is 3.33. The highest BCUT2D eigenvalue weighted by atomic mass is 79.9. The van der Waals surface area contributed by atoms with E-state index in [0.717, 1.165) is 36.5 Å². The fourth-order valence-electron chi connectivity index (χ4n) is 4.19. The topological polar surface area (TPSA) is 136 Å². The second kappa shape index (κ2) is 15.9. The third-order valence-corrected chi connectivity index (χ3v) is 6.54. The van der Waals surface area contributed by atoms with E-state index >= 15 is 0 Å². The van der Waals surface area contributed by atoms with E-state index in [-0.39, 0.29) is 13.2 Å². The average molecular weight is 646 g/mol. The smallest absolute Gasteiger partial charge is 0.303 e. The summed E-state index contributed by atoms with van der Waals surface area (Å²) in [6.07, 6.45) is -6.34. The van der Waals surface area contributed by atoms with Crippen LogP contribution in [-0.4, -0.2) is 67.8 Å². The van der Waals surface area contributed by atoms with Crippen molar-refractivity contribution in [2.75, 3.05) is 18.5 Å². The molecule has 0 aliphatic carbocycles. The third kappa shape index (κ3) is 9.87. The molecule has 1 heterocycles. The molecule has 0 radical (unpaired) electrons. The minimum absolute atomic E-state index is 0.189. The second-order valence-electron chi connectivity index (χ2n) is 9.16. The Kier molecular flexibility index (Phi) is 12.3. The number of hydrogen-bond acceptors (Lipinski definition) is 11. The maximum absolute atomic E-state index is 12.0. The van der Waals surface area contributed by atoms with Crippen LogP contribution in [-0.2, 0) is 47.6 Å². The minimum Gasteiger partial charge on any atom is -0.463 e. The number of carbonyl (C=O) groups excluding carboxylic acids is 4. The molecule has 1 N–H and O–H groups in total. The molecular weight excluding hydrogens is 614 g/mol. The monoisotopic (exact) mass is 645 g/mol. The molecule has 1 unspecified atom stereocenters. The number of anilines is 1. The van der Waals surface area contributed by atoms with Gasteiger partial charge in [0, 0.05) is 43.4 Å². The maximum atomic E-state index is 12.0. The first-order valence-electron chi connectivity index (χ1n) is 13.0. The first kappa shape index (κ1) is 32.6. The molecule has 42 heavy (non-hydrogen) atoms. The summed E-state index contributed by atoms with van der Waals surface area (Å²) in [7, 11) is 0. The SMILES string of the molecule is CC(=O)OC[C@H]1O[C@@H](OCC#CC(Nc2ccccc2)c2ccccc2Br)[C@H](OC(C)=O)[C@@H](OC(C)=O)[C@@H]1OC(C)=O. The summed E-state index contributed by atoms with van der Waals surface area (Å²) in [6, 6.07) is 16.8. The number of ether oxygens (including phenoxy) is 6. The molecule has 1 saturated heterocycles. The standard InChI is InChI=1S/C30H32BrNO10/c1-18(33)38-17-26-27(39-19(2)34)28(40-20(3)35)29(41-21(4)36)30(42-26)37-16-10-15-25(23-13-8-9-14-24(23)31)32-22-11-6-5-7-12-22/h5-9,11-14,25-30,32H,16-17H2,1-4H3/t25?,26-,27-,28+,29-,30-/m1/s1. The van der Waals surface area contributed by atoms with Gasteiger partial charge < -0.3 is 33.7 Å². The lowest BCUT2D eigenvalue weighted by Crippen LogP contribution is -2.63. The lowest BCUT2D eigenvalue weighted by molar-refractivity contribution is -0.305. The zero-order valence-corrected chi connectivity index (χ0v) is 25.1. The van der Waals surface area contributed by atoms with E-state index in [4.69, 9.17) is 28.4 Å². The van der Waals surface area contributed by atoms with E-state index in [2.05, 4.69) is 33.1 Å². The van der Waals surface area contributed by atoms with Crippen molar-refractivity contribution in [2.24, 2.45) is 0 Å². The fraction of sp³-hybridized carbons (Fsp3) is 0.400. The average Bonchev–Trinajstić information content (AvgIpc) is 2.92. The van der Waals surface area contributed by atoms with Gasteiger partial charge >= 0.3 is 23.9 Å². The summed E-state index contributed by atoms with van der Waals surface area (Å²) in [4.78, 5) is 47.4. The van der Waals surface area contributed by atoms with Crippen LogP contribution in [0.5, 0.6) is 0 Å². The molecule has 1 aliphatic heterocycles. The Morgan fingerprint density at radius 2 is 1.43 bits per heavy atom. The minimum atomic E-state index is -1.33. The molecule has 3 rings (SSSR count). The number of hydrogen-bond donors (Lipinski definition) is 1. The van der Waals surface area contributed by atoms with Gasteiger partial charge in [-0.15, -0.1) is 0 Å². The molecule has 2 aromatic carbocycles. The summed E-state index contributed by atoms with van der Waals surface area (Å²) in [5.41, 5.74) is 1.74. The number of esters is 4. The van der Waals surface area contributed by atoms with Crippen LogP contribution in [0.4, 0.5) is 5.69 Å². The molecular formula is C30H32BrNO10. The van der Waals surface area contributed by atoms with Crippen molar-refractivity contribution in [3.63, 3.8) is 0 Å². The van der Waals surface area contributed by atoms with Crippen LogP contribution < -0.4 is 5.32 Å². The first-order chi connectivity index (χ1) is 20.0. The number of carbonyl (C=O) groups is 4. The van der Waals surface area contributed by atoms with Crippen molar-refractivity contribution in [3.8, 4) is 11.8 Å². The quantitative estimate of drug-likeness (QED) is 0.230. The van der Waals surface area contributed by atoms with Crippen molar-refractivity contribution < 1.29 is 47.6 Å². The highest BCUT2D eigenvalue weighted by molar-refractivity contribution is 9.10. The Bertz CT molecular complexity index is 1310. The molecule has 0 saturated carbocycles. The fourth-order valence-corrected chi connectivity index (χ4v) is 4.71. The van der Waals surface area contributed by atoms with Gasteiger partial charge in [-0.3, -0.25) is 19.2 Å².